The average molecular weight is 253 g/mol. The molecule has 0 aliphatic carbocycles. The van der Waals surface area contributed by atoms with E-state index in [4.69, 9.17) is 0 Å². The number of nitrogens with zero attached hydrogens (tertiary/aromatic N) is 1. The number of aromatic nitrogens is 1. The summed E-state index contributed by atoms with van der Waals surface area (Å²) in [6.07, 6.45) is 5.77. The lowest BCUT2D eigenvalue weighted by molar-refractivity contribution is 0.629. The molecule has 0 N–H and O–H groups in total. The van der Waals surface area contributed by atoms with Gasteiger partial charge in [-0.05, 0) is 43.2 Å². The molecular weight excluding hydrogens is 233 g/mol. The Labute approximate surface area is 107 Å². The number of rotatable bonds is 0. The largest absolute Gasteiger partial charge is 0.256 e. The number of hydrogen-bond donors (Lipinski definition) is 0. The Morgan fingerprint density at radius 1 is 1.12 bits per heavy atom. The first-order chi connectivity index (χ1) is 8.19. The van der Waals surface area contributed by atoms with Gasteiger partial charge in [0.05, 0.1) is 5.52 Å². The summed E-state index contributed by atoms with van der Waals surface area (Å²) in [4.78, 5) is 4.06. The zero-order chi connectivity index (χ0) is 13.3. The highest BCUT2D eigenvalue weighted by Crippen LogP contribution is 2.16. The minimum atomic E-state index is -0.236. The van der Waals surface area contributed by atoms with Crippen LogP contribution < -0.4 is 0 Å². The van der Waals surface area contributed by atoms with Crippen LogP contribution in [0.5, 0.6) is 0 Å². The molecule has 0 saturated heterocycles. The first-order valence-corrected chi connectivity index (χ1v) is 7.23. The maximum absolute atomic E-state index is 12.7. The van der Waals surface area contributed by atoms with Crippen molar-refractivity contribution in [2.75, 3.05) is 12.5 Å². The molecule has 0 amide bonds. The molecule has 94 valence electrons. The Balaban J connectivity index is 0.000000450. The molecule has 0 bridgehead atoms. The zero-order valence-electron chi connectivity index (χ0n) is 11.1. The highest BCUT2D eigenvalue weighted by Gasteiger charge is 1.98. The van der Waals surface area contributed by atoms with E-state index >= 15 is 0 Å². The molecule has 1 aromatic heterocycles. The molecule has 3 heteroatoms. The monoisotopic (exact) mass is 253 g/mol. The van der Waals surface area contributed by atoms with E-state index in [-0.39, 0.29) is 5.82 Å². The number of hydrogen-bond acceptors (Lipinski definition) is 2. The van der Waals surface area contributed by atoms with Crippen LogP contribution in [0.15, 0.2) is 30.5 Å². The highest BCUT2D eigenvalue weighted by atomic mass is 32.2. The summed E-state index contributed by atoms with van der Waals surface area (Å²) in [5, 5.41) is 1.01. The molecule has 2 aromatic rings. The van der Waals surface area contributed by atoms with Crippen molar-refractivity contribution in [2.45, 2.75) is 20.8 Å². The zero-order valence-corrected chi connectivity index (χ0v) is 11.9. The van der Waals surface area contributed by atoms with E-state index < -0.39 is 0 Å². The Hall–Kier alpha value is -1.09. The summed E-state index contributed by atoms with van der Waals surface area (Å²) in [6.45, 7) is 5.99. The lowest BCUT2D eigenvalue weighted by Gasteiger charge is -1.99. The van der Waals surface area contributed by atoms with Crippen molar-refractivity contribution in [1.82, 2.24) is 4.98 Å². The van der Waals surface area contributed by atoms with Gasteiger partial charge in [-0.2, -0.15) is 11.8 Å². The summed E-state index contributed by atoms with van der Waals surface area (Å²) in [6, 6.07) is 6.58. The third-order valence-electron chi connectivity index (χ3n) is 1.92. The van der Waals surface area contributed by atoms with Crippen molar-refractivity contribution in [1.29, 1.82) is 0 Å². The number of pyridine rings is 1. The summed E-state index contributed by atoms with van der Waals surface area (Å²) >= 11 is 1.75. The Morgan fingerprint density at radius 3 is 2.29 bits per heavy atom. The van der Waals surface area contributed by atoms with Crippen LogP contribution in [-0.2, 0) is 0 Å². The van der Waals surface area contributed by atoms with Crippen LogP contribution >= 0.6 is 11.8 Å². The molecule has 0 radical (unpaired) electrons. The molecule has 0 saturated carbocycles. The predicted octanol–water partition coefficient (Wildman–Crippen LogP) is 4.69. The standard InChI is InChI=1S/C10H8FN.C2H6S.C2H6/c1-7-4-5-12-10-6-8(11)2-3-9(7)10;1-3-2;1-2/h2-6H,1H3;1-2H3;1-2H3. The van der Waals surface area contributed by atoms with Crippen LogP contribution in [0, 0.1) is 12.7 Å². The molecule has 17 heavy (non-hydrogen) atoms. The van der Waals surface area contributed by atoms with Crippen molar-refractivity contribution in [3.63, 3.8) is 0 Å². The summed E-state index contributed by atoms with van der Waals surface area (Å²) in [5.41, 5.74) is 1.84. The SMILES string of the molecule is CC.CSC.Cc1ccnc2cc(F)ccc12. The molecule has 1 nitrogen and oxygen atoms in total. The fourth-order valence-corrected chi connectivity index (χ4v) is 1.26. The van der Waals surface area contributed by atoms with Gasteiger partial charge in [0.25, 0.3) is 0 Å². The lowest BCUT2D eigenvalue weighted by atomic mass is 10.1. The molecule has 2 rings (SSSR count). The van der Waals surface area contributed by atoms with Gasteiger partial charge in [0.2, 0.25) is 0 Å². The van der Waals surface area contributed by atoms with E-state index in [1.54, 1.807) is 24.0 Å². The van der Waals surface area contributed by atoms with Crippen molar-refractivity contribution in [2.24, 2.45) is 0 Å². The smallest absolute Gasteiger partial charge is 0.125 e. The second-order valence-corrected chi connectivity index (χ2v) is 4.01. The number of thioether (sulfide) groups is 1. The minimum absolute atomic E-state index is 0.236. The molecule has 0 spiro atoms. The molecule has 1 heterocycles. The van der Waals surface area contributed by atoms with Gasteiger partial charge < -0.3 is 0 Å². The maximum Gasteiger partial charge on any atom is 0.125 e. The number of benzene rings is 1. The van der Waals surface area contributed by atoms with E-state index in [1.165, 1.54) is 12.1 Å². The van der Waals surface area contributed by atoms with E-state index in [9.17, 15) is 4.39 Å². The van der Waals surface area contributed by atoms with Crippen molar-refractivity contribution < 1.29 is 4.39 Å². The molecule has 0 unspecified atom stereocenters. The Kier molecular flexibility index (Phi) is 8.42. The van der Waals surface area contributed by atoms with Gasteiger partial charge in [-0.3, -0.25) is 4.98 Å². The normalized spacial score (nSPS) is 8.82. The Morgan fingerprint density at radius 2 is 1.71 bits per heavy atom. The van der Waals surface area contributed by atoms with Gasteiger partial charge in [-0.25, -0.2) is 4.39 Å². The fourth-order valence-electron chi connectivity index (χ4n) is 1.26. The molecule has 1 aromatic carbocycles. The van der Waals surface area contributed by atoms with Crippen LogP contribution in [0.3, 0.4) is 0 Å². The van der Waals surface area contributed by atoms with Crippen molar-refractivity contribution in [3.8, 4) is 0 Å². The summed E-state index contributed by atoms with van der Waals surface area (Å²) < 4.78 is 12.7. The average Bonchev–Trinajstić information content (AvgIpc) is 2.32. The van der Waals surface area contributed by atoms with E-state index in [0.717, 1.165) is 16.5 Å². The van der Waals surface area contributed by atoms with Gasteiger partial charge in [0, 0.05) is 17.6 Å². The van der Waals surface area contributed by atoms with Crippen molar-refractivity contribution >= 4 is 22.7 Å². The third kappa shape index (κ3) is 5.18. The van der Waals surface area contributed by atoms with Gasteiger partial charge in [-0.15, -0.1) is 0 Å². The third-order valence-corrected chi connectivity index (χ3v) is 1.92. The predicted molar refractivity (Wildman–Crippen MR) is 77.2 cm³/mol. The number of fused-ring (bicyclic) bond motifs is 1. The van der Waals surface area contributed by atoms with Crippen LogP contribution in [0.25, 0.3) is 10.9 Å². The maximum atomic E-state index is 12.7. The second-order valence-electron chi connectivity index (χ2n) is 3.20. The molecule has 0 fully saturated rings. The molecule has 0 aliphatic heterocycles. The van der Waals surface area contributed by atoms with E-state index in [0.29, 0.717) is 0 Å². The summed E-state index contributed by atoms with van der Waals surface area (Å²) in [5.74, 6) is -0.236. The van der Waals surface area contributed by atoms with Crippen molar-refractivity contribution in [3.05, 3.63) is 41.8 Å². The van der Waals surface area contributed by atoms with Gasteiger partial charge in [-0.1, -0.05) is 13.8 Å². The van der Waals surface area contributed by atoms with Crippen LogP contribution in [-0.4, -0.2) is 17.5 Å². The highest BCUT2D eigenvalue weighted by molar-refractivity contribution is 7.97. The second kappa shape index (κ2) is 8.99. The summed E-state index contributed by atoms with van der Waals surface area (Å²) in [7, 11) is 0. The van der Waals surface area contributed by atoms with Crippen LogP contribution in [0.1, 0.15) is 19.4 Å². The lowest BCUT2D eigenvalue weighted by Crippen LogP contribution is -1.83. The van der Waals surface area contributed by atoms with E-state index in [1.807, 2.05) is 39.3 Å². The Bertz CT molecular complexity index is 443. The van der Waals surface area contributed by atoms with Crippen LogP contribution in [0.4, 0.5) is 4.39 Å². The van der Waals surface area contributed by atoms with Gasteiger partial charge >= 0.3 is 0 Å². The quantitative estimate of drug-likeness (QED) is 0.675. The molecule has 0 atom stereocenters. The fraction of sp³-hybridized carbons (Fsp3) is 0.357. The van der Waals surface area contributed by atoms with E-state index in [2.05, 4.69) is 4.98 Å². The first kappa shape index (κ1) is 15.9. The number of halogens is 1. The minimum Gasteiger partial charge on any atom is -0.256 e. The topological polar surface area (TPSA) is 12.9 Å². The first-order valence-electron chi connectivity index (χ1n) is 5.60. The van der Waals surface area contributed by atoms with Crippen LogP contribution in [0.2, 0.25) is 0 Å². The molecule has 0 aliphatic rings. The number of aryl methyl sites for hydroxylation is 1. The van der Waals surface area contributed by atoms with Gasteiger partial charge in [0.1, 0.15) is 5.82 Å². The van der Waals surface area contributed by atoms with Gasteiger partial charge in [0.15, 0.2) is 0 Å². The molecular formula is C14H20FNS.